The summed E-state index contributed by atoms with van der Waals surface area (Å²) in [7, 11) is 0. The molecule has 24 heavy (non-hydrogen) atoms. The van der Waals surface area contributed by atoms with E-state index in [0.717, 1.165) is 15.7 Å². The molecule has 6 heteroatoms. The molecule has 0 spiro atoms. The number of nitrogens with one attached hydrogen (secondary N) is 1. The van der Waals surface area contributed by atoms with Gasteiger partial charge in [0.2, 0.25) is 0 Å². The first kappa shape index (κ1) is 16.4. The summed E-state index contributed by atoms with van der Waals surface area (Å²) in [6, 6.07) is 13.8. The highest BCUT2D eigenvalue weighted by Gasteiger charge is 2.11. The van der Waals surface area contributed by atoms with Crippen molar-refractivity contribution >= 4 is 21.8 Å². The van der Waals surface area contributed by atoms with Crippen molar-refractivity contribution in [3.05, 3.63) is 75.5 Å². The zero-order valence-corrected chi connectivity index (χ0v) is 15.0. The Hall–Kier alpha value is -2.47. The predicted octanol–water partition coefficient (Wildman–Crippen LogP) is 3.58. The maximum Gasteiger partial charge on any atom is 0.273 e. The molecule has 0 atom stereocenters. The normalized spacial score (nSPS) is 10.6. The number of halogens is 1. The van der Waals surface area contributed by atoms with Crippen molar-refractivity contribution in [3.8, 4) is 5.69 Å². The molecule has 0 bridgehead atoms. The van der Waals surface area contributed by atoms with E-state index < -0.39 is 0 Å². The molecule has 0 saturated heterocycles. The molecule has 0 aliphatic carbocycles. The van der Waals surface area contributed by atoms with Crippen LogP contribution in [0.5, 0.6) is 0 Å². The lowest BCUT2D eigenvalue weighted by Gasteiger charge is -2.04. The highest BCUT2D eigenvalue weighted by molar-refractivity contribution is 9.10. The second-order valence-electron chi connectivity index (χ2n) is 5.63. The van der Waals surface area contributed by atoms with E-state index in [0.29, 0.717) is 12.2 Å². The second-order valence-corrected chi connectivity index (χ2v) is 6.55. The van der Waals surface area contributed by atoms with Gasteiger partial charge in [-0.25, -0.2) is 4.68 Å². The number of amides is 1. The zero-order chi connectivity index (χ0) is 17.1. The number of rotatable bonds is 4. The average molecular weight is 385 g/mol. The van der Waals surface area contributed by atoms with Crippen LogP contribution < -0.4 is 5.32 Å². The predicted molar refractivity (Wildman–Crippen MR) is 96.1 cm³/mol. The minimum Gasteiger partial charge on any atom is -0.347 e. The molecule has 1 N–H and O–H groups in total. The molecule has 1 amide bonds. The van der Waals surface area contributed by atoms with E-state index in [-0.39, 0.29) is 5.91 Å². The van der Waals surface area contributed by atoms with Gasteiger partial charge in [-0.1, -0.05) is 39.3 Å². The van der Waals surface area contributed by atoms with E-state index in [1.165, 1.54) is 11.1 Å². The number of hydrogen-bond acceptors (Lipinski definition) is 3. The monoisotopic (exact) mass is 384 g/mol. The first-order chi connectivity index (χ1) is 11.5. The molecule has 0 aliphatic rings. The summed E-state index contributed by atoms with van der Waals surface area (Å²) in [4.78, 5) is 12.2. The van der Waals surface area contributed by atoms with Gasteiger partial charge in [0.1, 0.15) is 0 Å². The van der Waals surface area contributed by atoms with Gasteiger partial charge >= 0.3 is 0 Å². The van der Waals surface area contributed by atoms with Crippen molar-refractivity contribution in [2.75, 3.05) is 0 Å². The van der Waals surface area contributed by atoms with Crippen LogP contribution in [-0.4, -0.2) is 20.9 Å². The molecule has 0 fully saturated rings. The smallest absolute Gasteiger partial charge is 0.273 e. The highest BCUT2D eigenvalue weighted by Crippen LogP contribution is 2.14. The maximum atomic E-state index is 12.2. The molecular weight excluding hydrogens is 368 g/mol. The number of carbonyl (C=O) groups is 1. The van der Waals surface area contributed by atoms with Gasteiger partial charge in [0.15, 0.2) is 5.69 Å². The largest absolute Gasteiger partial charge is 0.347 e. The molecule has 1 aromatic heterocycles. The number of benzene rings is 2. The van der Waals surface area contributed by atoms with Gasteiger partial charge < -0.3 is 5.32 Å². The minimum absolute atomic E-state index is 0.245. The second kappa shape index (κ2) is 6.97. The Morgan fingerprint density at radius 3 is 2.75 bits per heavy atom. The fraction of sp³-hybridized carbons (Fsp3) is 0.167. The summed E-state index contributed by atoms with van der Waals surface area (Å²) in [6.45, 7) is 4.54. The van der Waals surface area contributed by atoms with Gasteiger partial charge in [-0.3, -0.25) is 4.79 Å². The van der Waals surface area contributed by atoms with Crippen molar-refractivity contribution in [1.29, 1.82) is 0 Å². The van der Waals surface area contributed by atoms with Crippen molar-refractivity contribution in [2.24, 2.45) is 0 Å². The Bertz CT molecular complexity index is 888. The Labute approximate surface area is 148 Å². The number of aryl methyl sites for hydroxylation is 2. The van der Waals surface area contributed by atoms with Crippen LogP contribution in [0, 0.1) is 13.8 Å². The molecule has 2 aromatic carbocycles. The molecule has 0 radical (unpaired) electrons. The summed E-state index contributed by atoms with van der Waals surface area (Å²) < 4.78 is 2.59. The number of aromatic nitrogens is 3. The van der Waals surface area contributed by atoms with Crippen LogP contribution in [0.1, 0.15) is 27.2 Å². The SMILES string of the molecule is Cc1ccc(-n2cc(C(=O)NCc3cccc(Br)c3)nn2)cc1C. The molecule has 5 nitrogen and oxygen atoms in total. The summed E-state index contributed by atoms with van der Waals surface area (Å²) in [5.74, 6) is -0.245. The number of hydrogen-bond donors (Lipinski definition) is 1. The standard InChI is InChI=1S/C18H17BrN4O/c1-12-6-7-16(8-13(12)2)23-11-17(21-22-23)18(24)20-10-14-4-3-5-15(19)9-14/h3-9,11H,10H2,1-2H3,(H,20,24). The van der Waals surface area contributed by atoms with E-state index in [9.17, 15) is 4.79 Å². The molecule has 1 heterocycles. The average Bonchev–Trinajstić information content (AvgIpc) is 3.05. The molecule has 0 aliphatic heterocycles. The van der Waals surface area contributed by atoms with Crippen LogP contribution in [0.3, 0.4) is 0 Å². The summed E-state index contributed by atoms with van der Waals surface area (Å²) in [5.41, 5.74) is 4.58. The van der Waals surface area contributed by atoms with Crippen molar-refractivity contribution < 1.29 is 4.79 Å². The topological polar surface area (TPSA) is 59.8 Å². The number of carbonyl (C=O) groups excluding carboxylic acids is 1. The Morgan fingerprint density at radius 2 is 2.00 bits per heavy atom. The first-order valence-electron chi connectivity index (χ1n) is 7.55. The van der Waals surface area contributed by atoms with E-state index in [4.69, 9.17) is 0 Å². The van der Waals surface area contributed by atoms with Crippen LogP contribution >= 0.6 is 15.9 Å². The summed E-state index contributed by atoms with van der Waals surface area (Å²) in [6.07, 6.45) is 1.64. The molecule has 0 unspecified atom stereocenters. The Morgan fingerprint density at radius 1 is 1.17 bits per heavy atom. The van der Waals surface area contributed by atoms with Gasteiger partial charge in [0.25, 0.3) is 5.91 Å². The maximum absolute atomic E-state index is 12.2. The fourth-order valence-corrected chi connectivity index (χ4v) is 2.73. The summed E-state index contributed by atoms with van der Waals surface area (Å²) >= 11 is 3.42. The highest BCUT2D eigenvalue weighted by atomic mass is 79.9. The van der Waals surface area contributed by atoms with Crippen molar-refractivity contribution in [3.63, 3.8) is 0 Å². The zero-order valence-electron chi connectivity index (χ0n) is 13.5. The van der Waals surface area contributed by atoms with Crippen LogP contribution in [0.25, 0.3) is 5.69 Å². The van der Waals surface area contributed by atoms with Crippen molar-refractivity contribution in [2.45, 2.75) is 20.4 Å². The minimum atomic E-state index is -0.245. The van der Waals surface area contributed by atoms with Gasteiger partial charge in [0.05, 0.1) is 11.9 Å². The fourth-order valence-electron chi connectivity index (χ4n) is 2.28. The van der Waals surface area contributed by atoms with E-state index in [2.05, 4.69) is 38.5 Å². The first-order valence-corrected chi connectivity index (χ1v) is 8.35. The van der Waals surface area contributed by atoms with Crippen LogP contribution in [0.2, 0.25) is 0 Å². The molecule has 3 rings (SSSR count). The lowest BCUT2D eigenvalue weighted by Crippen LogP contribution is -2.23. The van der Waals surface area contributed by atoms with Crippen LogP contribution in [-0.2, 0) is 6.54 Å². The van der Waals surface area contributed by atoms with E-state index >= 15 is 0 Å². The van der Waals surface area contributed by atoms with Crippen LogP contribution in [0.15, 0.2) is 53.1 Å². The third-order valence-corrected chi connectivity index (χ3v) is 4.32. The lowest BCUT2D eigenvalue weighted by atomic mass is 10.1. The lowest BCUT2D eigenvalue weighted by molar-refractivity contribution is 0.0946. The Kier molecular flexibility index (Phi) is 4.76. The third kappa shape index (κ3) is 3.71. The van der Waals surface area contributed by atoms with Gasteiger partial charge in [-0.2, -0.15) is 0 Å². The van der Waals surface area contributed by atoms with Gasteiger partial charge in [-0.15, -0.1) is 5.10 Å². The van der Waals surface area contributed by atoms with E-state index in [1.807, 2.05) is 49.4 Å². The molecule has 122 valence electrons. The molecule has 0 saturated carbocycles. The quantitative estimate of drug-likeness (QED) is 0.747. The molecular formula is C18H17BrN4O. The Balaban J connectivity index is 1.70. The number of nitrogens with zero attached hydrogens (tertiary/aromatic N) is 3. The van der Waals surface area contributed by atoms with E-state index in [1.54, 1.807) is 10.9 Å². The summed E-state index contributed by atoms with van der Waals surface area (Å²) in [5, 5.41) is 10.9. The third-order valence-electron chi connectivity index (χ3n) is 3.82. The van der Waals surface area contributed by atoms with Gasteiger partial charge in [-0.05, 0) is 54.8 Å². The molecule has 3 aromatic rings. The van der Waals surface area contributed by atoms with Gasteiger partial charge in [0, 0.05) is 11.0 Å². The van der Waals surface area contributed by atoms with Crippen molar-refractivity contribution in [1.82, 2.24) is 20.3 Å². The van der Waals surface area contributed by atoms with Crippen LogP contribution in [0.4, 0.5) is 0 Å².